The molecule has 2 saturated heterocycles. The fourth-order valence-corrected chi connectivity index (χ4v) is 6.96. The van der Waals surface area contributed by atoms with Gasteiger partial charge in [-0.25, -0.2) is 19.9 Å². The Kier molecular flexibility index (Phi) is 7.00. The normalized spacial score (nSPS) is 28.6. The standard InChI is InChI=1S/C32H44N8O3/c1-7-31(2,3)19-9-10-21-22(14-19)38-24(37-21)11-8-18-12-20(13-18)39(6)15-23-26-27(43-32(4,5)42-26)30(41-23)40-17-36-25-28(33)34-16-35-29(25)40/h9-10,14,16-18,20,23,26-27,30H,7-8,11-13,15H2,1-6H3,(H,37,38)(H2,33,34,35)/t18?,20?,23-,26-,27-,30-/m1/s1. The molecule has 3 fully saturated rings. The van der Waals surface area contributed by atoms with E-state index in [4.69, 9.17) is 24.9 Å². The number of nitrogens with one attached hydrogen (secondary N) is 1. The molecule has 4 atom stereocenters. The summed E-state index contributed by atoms with van der Waals surface area (Å²) < 4.78 is 21.2. The van der Waals surface area contributed by atoms with Gasteiger partial charge in [-0.1, -0.05) is 26.8 Å². The second kappa shape index (κ2) is 10.5. The van der Waals surface area contributed by atoms with Gasteiger partial charge in [-0.15, -0.1) is 0 Å². The monoisotopic (exact) mass is 588 g/mol. The van der Waals surface area contributed by atoms with Gasteiger partial charge in [0.15, 0.2) is 23.5 Å². The lowest BCUT2D eigenvalue weighted by Gasteiger charge is -2.42. The van der Waals surface area contributed by atoms with Crippen molar-refractivity contribution >= 4 is 28.0 Å². The minimum absolute atomic E-state index is 0.143. The summed E-state index contributed by atoms with van der Waals surface area (Å²) in [4.78, 5) is 23.8. The van der Waals surface area contributed by atoms with Crippen LogP contribution in [0.1, 0.15) is 77.9 Å². The fourth-order valence-electron chi connectivity index (χ4n) is 6.96. The first-order chi connectivity index (χ1) is 20.5. The van der Waals surface area contributed by atoms with Gasteiger partial charge in [0.1, 0.15) is 36.0 Å². The van der Waals surface area contributed by atoms with Crippen molar-refractivity contribution < 1.29 is 14.2 Å². The van der Waals surface area contributed by atoms with Gasteiger partial charge in [0.05, 0.1) is 17.4 Å². The molecule has 1 saturated carbocycles. The summed E-state index contributed by atoms with van der Waals surface area (Å²) in [7, 11) is 2.20. The molecule has 3 aliphatic rings. The van der Waals surface area contributed by atoms with Crippen molar-refractivity contribution in [2.75, 3.05) is 19.3 Å². The number of nitrogen functional groups attached to an aromatic ring is 1. The second-order valence-electron chi connectivity index (χ2n) is 13.8. The SMILES string of the molecule is CCC(C)(C)c1ccc2nc(CCC3CC(N(C)C[C@H]4O[C@@H](n5cnc6c(N)ncnc65)[C@@H]5OC(C)(C)O[C@@H]54)C3)[nH]c2c1. The summed E-state index contributed by atoms with van der Waals surface area (Å²) in [5.41, 5.74) is 11.0. The largest absolute Gasteiger partial charge is 0.382 e. The van der Waals surface area contributed by atoms with Crippen LogP contribution in [0.25, 0.3) is 22.2 Å². The number of aromatic amines is 1. The summed E-state index contributed by atoms with van der Waals surface area (Å²) >= 11 is 0. The number of anilines is 1. The number of fused-ring (bicyclic) bond motifs is 3. The lowest BCUT2D eigenvalue weighted by molar-refractivity contribution is -0.198. The van der Waals surface area contributed by atoms with Crippen molar-refractivity contribution in [3.8, 4) is 0 Å². The molecule has 11 nitrogen and oxygen atoms in total. The first-order valence-electron chi connectivity index (χ1n) is 15.6. The predicted octanol–water partition coefficient (Wildman–Crippen LogP) is 4.73. The van der Waals surface area contributed by atoms with Crippen LogP contribution in [0, 0.1) is 5.92 Å². The van der Waals surface area contributed by atoms with E-state index in [2.05, 4.69) is 70.9 Å². The lowest BCUT2D eigenvalue weighted by Crippen LogP contribution is -2.48. The smallest absolute Gasteiger partial charge is 0.167 e. The van der Waals surface area contributed by atoms with Gasteiger partial charge in [-0.05, 0) is 75.6 Å². The van der Waals surface area contributed by atoms with E-state index in [1.54, 1.807) is 6.33 Å². The molecule has 1 aliphatic carbocycles. The number of benzene rings is 1. The van der Waals surface area contributed by atoms with Crippen LogP contribution < -0.4 is 5.73 Å². The third-order valence-corrected chi connectivity index (χ3v) is 10.1. The summed E-state index contributed by atoms with van der Waals surface area (Å²) in [5, 5.41) is 0. The van der Waals surface area contributed by atoms with Crippen LogP contribution >= 0.6 is 0 Å². The van der Waals surface area contributed by atoms with E-state index in [0.29, 0.717) is 28.9 Å². The highest BCUT2D eigenvalue weighted by molar-refractivity contribution is 5.81. The molecule has 11 heteroatoms. The van der Waals surface area contributed by atoms with E-state index in [-0.39, 0.29) is 23.7 Å². The number of hydrogen-bond acceptors (Lipinski definition) is 9. The molecule has 43 heavy (non-hydrogen) atoms. The quantitative estimate of drug-likeness (QED) is 0.285. The summed E-state index contributed by atoms with van der Waals surface area (Å²) in [6.07, 6.45) is 7.74. The molecule has 0 bridgehead atoms. The van der Waals surface area contributed by atoms with E-state index >= 15 is 0 Å². The zero-order valence-electron chi connectivity index (χ0n) is 26.1. The van der Waals surface area contributed by atoms with E-state index in [1.807, 2.05) is 18.4 Å². The highest BCUT2D eigenvalue weighted by atomic mass is 16.8. The Bertz CT molecular complexity index is 1620. The highest BCUT2D eigenvalue weighted by Crippen LogP contribution is 2.45. The predicted molar refractivity (Wildman–Crippen MR) is 164 cm³/mol. The van der Waals surface area contributed by atoms with Crippen LogP contribution in [0.3, 0.4) is 0 Å². The lowest BCUT2D eigenvalue weighted by atomic mass is 9.76. The molecule has 7 rings (SSSR count). The van der Waals surface area contributed by atoms with Gasteiger partial charge in [0.2, 0.25) is 0 Å². The molecule has 3 N–H and O–H groups in total. The number of ether oxygens (including phenoxy) is 3. The summed E-state index contributed by atoms with van der Waals surface area (Å²) in [6.45, 7) is 11.5. The maximum Gasteiger partial charge on any atom is 0.167 e. The molecule has 4 aromatic rings. The molecule has 5 heterocycles. The van der Waals surface area contributed by atoms with Gasteiger partial charge >= 0.3 is 0 Å². The Labute approximate surface area is 252 Å². The van der Waals surface area contributed by atoms with E-state index in [0.717, 1.165) is 42.7 Å². The number of nitrogens with zero attached hydrogens (tertiary/aromatic N) is 6. The second-order valence-corrected chi connectivity index (χ2v) is 13.8. The van der Waals surface area contributed by atoms with Gasteiger partial charge in [0, 0.05) is 19.0 Å². The Morgan fingerprint density at radius 1 is 1.14 bits per heavy atom. The average molecular weight is 589 g/mol. The highest BCUT2D eigenvalue weighted by Gasteiger charge is 2.56. The number of imidazole rings is 2. The number of aromatic nitrogens is 6. The third-order valence-electron chi connectivity index (χ3n) is 10.1. The number of likely N-dealkylation sites (N-methyl/N-ethyl adjacent to an activating group) is 1. The Hall–Kier alpha value is -3.12. The van der Waals surface area contributed by atoms with Crippen LogP contribution in [-0.4, -0.2) is 78.1 Å². The molecule has 0 spiro atoms. The Balaban J connectivity index is 0.961. The maximum absolute atomic E-state index is 6.62. The molecular formula is C32H44N8O3. The third kappa shape index (κ3) is 5.20. The molecular weight excluding hydrogens is 544 g/mol. The van der Waals surface area contributed by atoms with Crippen molar-refractivity contribution in [2.24, 2.45) is 5.92 Å². The molecule has 3 aromatic heterocycles. The van der Waals surface area contributed by atoms with E-state index < -0.39 is 12.0 Å². The van der Waals surface area contributed by atoms with Crippen LogP contribution in [0.15, 0.2) is 30.9 Å². The summed E-state index contributed by atoms with van der Waals surface area (Å²) in [6, 6.07) is 7.20. The number of hydrogen-bond donors (Lipinski definition) is 2. The number of aryl methyl sites for hydroxylation is 1. The van der Waals surface area contributed by atoms with Crippen LogP contribution in [0.4, 0.5) is 5.82 Å². The van der Waals surface area contributed by atoms with Gasteiger partial charge in [-0.3, -0.25) is 4.57 Å². The maximum atomic E-state index is 6.62. The molecule has 230 valence electrons. The molecule has 2 aliphatic heterocycles. The fraction of sp³-hybridized carbons (Fsp3) is 0.625. The molecule has 1 aromatic carbocycles. The van der Waals surface area contributed by atoms with Gasteiger partial charge in [-0.2, -0.15) is 0 Å². The molecule has 0 amide bonds. The van der Waals surface area contributed by atoms with Crippen LogP contribution in [-0.2, 0) is 26.0 Å². The topological polar surface area (TPSA) is 129 Å². The minimum Gasteiger partial charge on any atom is -0.382 e. The first kappa shape index (κ1) is 28.6. The van der Waals surface area contributed by atoms with E-state index in [9.17, 15) is 0 Å². The van der Waals surface area contributed by atoms with Crippen LogP contribution in [0.2, 0.25) is 0 Å². The molecule has 0 radical (unpaired) electrons. The zero-order chi connectivity index (χ0) is 30.1. The zero-order valence-corrected chi connectivity index (χ0v) is 26.1. The van der Waals surface area contributed by atoms with Gasteiger partial charge < -0.3 is 29.8 Å². The van der Waals surface area contributed by atoms with Crippen molar-refractivity contribution in [1.29, 1.82) is 0 Å². The van der Waals surface area contributed by atoms with Crippen molar-refractivity contribution in [3.05, 3.63) is 42.2 Å². The van der Waals surface area contributed by atoms with Crippen LogP contribution in [0.5, 0.6) is 0 Å². The number of nitrogens with two attached hydrogens (primary N) is 1. The minimum atomic E-state index is -0.690. The van der Waals surface area contributed by atoms with E-state index in [1.165, 1.54) is 24.7 Å². The van der Waals surface area contributed by atoms with Gasteiger partial charge in [0.25, 0.3) is 0 Å². The van der Waals surface area contributed by atoms with Crippen molar-refractivity contribution in [3.63, 3.8) is 0 Å². The van der Waals surface area contributed by atoms with Crippen molar-refractivity contribution in [2.45, 2.75) is 109 Å². The Morgan fingerprint density at radius 2 is 1.93 bits per heavy atom. The average Bonchev–Trinajstić information content (AvgIpc) is 3.69. The number of rotatable bonds is 9. The molecule has 0 unspecified atom stereocenters. The Morgan fingerprint density at radius 3 is 2.72 bits per heavy atom. The first-order valence-corrected chi connectivity index (χ1v) is 15.6. The summed E-state index contributed by atoms with van der Waals surface area (Å²) in [5.74, 6) is 1.45. The van der Waals surface area contributed by atoms with Crippen molar-refractivity contribution in [1.82, 2.24) is 34.4 Å². The number of H-pyrrole nitrogens is 1.